The van der Waals surface area contributed by atoms with Crippen LogP contribution in [0, 0.1) is 0 Å². The van der Waals surface area contributed by atoms with Crippen molar-refractivity contribution in [2.24, 2.45) is 0 Å². The maximum atomic E-state index is 13.7. The summed E-state index contributed by atoms with van der Waals surface area (Å²) in [6.07, 6.45) is 0. The zero-order valence-corrected chi connectivity index (χ0v) is 20.7. The summed E-state index contributed by atoms with van der Waals surface area (Å²) < 4.78 is 27.4. The number of sulfone groups is 1. The highest BCUT2D eigenvalue weighted by molar-refractivity contribution is 7.99. The van der Waals surface area contributed by atoms with Crippen LogP contribution < -0.4 is 9.80 Å². The fraction of sp³-hybridized carbons (Fsp3) is 0. The molecule has 0 fully saturated rings. The molecule has 0 saturated carbocycles. The summed E-state index contributed by atoms with van der Waals surface area (Å²) in [6.45, 7) is 0. The van der Waals surface area contributed by atoms with E-state index in [1.165, 1.54) is 0 Å². The van der Waals surface area contributed by atoms with E-state index in [4.69, 9.17) is 0 Å². The van der Waals surface area contributed by atoms with Gasteiger partial charge in [-0.1, -0.05) is 66.4 Å². The molecule has 2 aliphatic heterocycles. The lowest BCUT2D eigenvalue weighted by Gasteiger charge is -2.36. The third kappa shape index (κ3) is 3.11. The molecule has 0 amide bonds. The summed E-state index contributed by atoms with van der Waals surface area (Å²) in [6, 6.07) is 39.4. The lowest BCUT2D eigenvalue weighted by Crippen LogP contribution is -2.23. The van der Waals surface area contributed by atoms with Crippen LogP contribution in [0.2, 0.25) is 0 Å². The van der Waals surface area contributed by atoms with Gasteiger partial charge < -0.3 is 9.80 Å². The predicted octanol–water partition coefficient (Wildman–Crippen LogP) is 8.24. The zero-order valence-electron chi connectivity index (χ0n) is 19.1. The Morgan fingerprint density at radius 3 is 1.69 bits per heavy atom. The first-order valence-electron chi connectivity index (χ1n) is 11.6. The molecule has 6 heteroatoms. The number of para-hydroxylation sites is 4. The van der Waals surface area contributed by atoms with Gasteiger partial charge in [-0.05, 0) is 66.7 Å². The van der Waals surface area contributed by atoms with Crippen LogP contribution in [0.3, 0.4) is 0 Å². The number of anilines is 6. The molecule has 0 atom stereocenters. The molecular formula is C30H20N2O2S2. The molecule has 5 aromatic rings. The van der Waals surface area contributed by atoms with E-state index in [0.29, 0.717) is 21.2 Å². The Hall–Kier alpha value is -4.00. The molecule has 4 nitrogen and oxygen atoms in total. The van der Waals surface area contributed by atoms with Crippen LogP contribution in [0.1, 0.15) is 0 Å². The smallest absolute Gasteiger partial charge is 0.210 e. The molecule has 0 N–H and O–H groups in total. The van der Waals surface area contributed by atoms with Crippen molar-refractivity contribution in [2.45, 2.75) is 19.6 Å². The summed E-state index contributed by atoms with van der Waals surface area (Å²) in [7, 11) is -3.68. The molecule has 0 saturated heterocycles. The Kier molecular flexibility index (Phi) is 4.74. The minimum atomic E-state index is -3.68. The SMILES string of the molecule is O=S1(=O)c2ccccc2N(c2ccccc2)c2cc(N3c4ccccc4Sc4ccccc43)ccc21. The molecule has 5 aromatic carbocycles. The summed E-state index contributed by atoms with van der Waals surface area (Å²) in [5.41, 5.74) is 5.27. The number of fused-ring (bicyclic) bond motifs is 4. The molecular weight excluding hydrogens is 484 g/mol. The number of hydrogen-bond acceptors (Lipinski definition) is 5. The molecule has 2 aliphatic rings. The molecule has 0 spiro atoms. The van der Waals surface area contributed by atoms with Crippen molar-refractivity contribution in [2.75, 3.05) is 9.80 Å². The van der Waals surface area contributed by atoms with Crippen LogP contribution in [0.25, 0.3) is 0 Å². The molecule has 36 heavy (non-hydrogen) atoms. The normalized spacial score (nSPS) is 14.9. The van der Waals surface area contributed by atoms with E-state index in [1.54, 1.807) is 30.0 Å². The van der Waals surface area contributed by atoms with Gasteiger partial charge in [-0.2, -0.15) is 0 Å². The Morgan fingerprint density at radius 1 is 0.472 bits per heavy atom. The van der Waals surface area contributed by atoms with Crippen LogP contribution in [-0.4, -0.2) is 8.42 Å². The highest BCUT2D eigenvalue weighted by atomic mass is 32.2. The van der Waals surface area contributed by atoms with Gasteiger partial charge in [0, 0.05) is 21.2 Å². The Balaban J connectivity index is 1.50. The van der Waals surface area contributed by atoms with Crippen LogP contribution >= 0.6 is 11.8 Å². The van der Waals surface area contributed by atoms with E-state index in [2.05, 4.69) is 29.2 Å². The molecule has 0 unspecified atom stereocenters. The third-order valence-electron chi connectivity index (χ3n) is 6.57. The monoisotopic (exact) mass is 504 g/mol. The van der Waals surface area contributed by atoms with Gasteiger partial charge in [-0.25, -0.2) is 8.42 Å². The highest BCUT2D eigenvalue weighted by Gasteiger charge is 2.36. The largest absolute Gasteiger partial charge is 0.308 e. The van der Waals surface area contributed by atoms with Crippen LogP contribution in [0.5, 0.6) is 0 Å². The third-order valence-corrected chi connectivity index (χ3v) is 9.55. The van der Waals surface area contributed by atoms with Crippen LogP contribution in [0.15, 0.2) is 141 Å². The highest BCUT2D eigenvalue weighted by Crippen LogP contribution is 2.54. The summed E-state index contributed by atoms with van der Waals surface area (Å²) in [5.74, 6) is 0. The number of rotatable bonds is 2. The van der Waals surface area contributed by atoms with Crippen molar-refractivity contribution in [1.82, 2.24) is 0 Å². The van der Waals surface area contributed by atoms with Gasteiger partial charge in [-0.15, -0.1) is 0 Å². The van der Waals surface area contributed by atoms with E-state index in [9.17, 15) is 8.42 Å². The topological polar surface area (TPSA) is 40.6 Å². The van der Waals surface area contributed by atoms with Gasteiger partial charge in [0.15, 0.2) is 0 Å². The minimum absolute atomic E-state index is 0.307. The van der Waals surface area contributed by atoms with Crippen molar-refractivity contribution in [3.05, 3.63) is 121 Å². The summed E-state index contributed by atoms with van der Waals surface area (Å²) >= 11 is 1.75. The van der Waals surface area contributed by atoms with Gasteiger partial charge in [0.1, 0.15) is 0 Å². The number of hydrogen-bond donors (Lipinski definition) is 0. The van der Waals surface area contributed by atoms with Crippen molar-refractivity contribution in [3.63, 3.8) is 0 Å². The quantitative estimate of drug-likeness (QED) is 0.237. The number of nitrogens with zero attached hydrogens (tertiary/aromatic N) is 2. The first-order chi connectivity index (χ1) is 17.6. The van der Waals surface area contributed by atoms with Gasteiger partial charge in [-0.3, -0.25) is 0 Å². The standard InChI is InChI=1S/C30H20N2O2S2/c33-36(34)29-17-9-6-14-25(29)31(21-10-2-1-3-11-21)26-20-22(18-19-30(26)36)32-23-12-4-7-15-27(23)35-28-16-8-5-13-24(28)32/h1-20H. The van der Waals surface area contributed by atoms with Gasteiger partial charge in [0.2, 0.25) is 9.84 Å². The Bertz CT molecular complexity index is 1710. The van der Waals surface area contributed by atoms with Crippen molar-refractivity contribution < 1.29 is 8.42 Å². The summed E-state index contributed by atoms with van der Waals surface area (Å²) in [4.78, 5) is 7.21. The van der Waals surface area contributed by atoms with Crippen molar-refractivity contribution in [3.8, 4) is 0 Å². The van der Waals surface area contributed by atoms with Gasteiger partial charge >= 0.3 is 0 Å². The van der Waals surface area contributed by atoms with Crippen LogP contribution in [0.4, 0.5) is 34.1 Å². The molecule has 2 heterocycles. The maximum Gasteiger partial charge on any atom is 0.210 e. The van der Waals surface area contributed by atoms with E-state index in [1.807, 2.05) is 83.8 Å². The second-order valence-corrected chi connectivity index (χ2v) is 11.6. The fourth-order valence-corrected chi connectivity index (χ4v) is 7.66. The first-order valence-corrected chi connectivity index (χ1v) is 13.9. The van der Waals surface area contributed by atoms with E-state index < -0.39 is 9.84 Å². The van der Waals surface area contributed by atoms with E-state index in [0.717, 1.165) is 32.5 Å². The maximum absolute atomic E-state index is 13.7. The zero-order chi connectivity index (χ0) is 24.3. The van der Waals surface area contributed by atoms with Gasteiger partial charge in [0.05, 0.1) is 32.5 Å². The van der Waals surface area contributed by atoms with E-state index >= 15 is 0 Å². The molecule has 0 radical (unpaired) electrons. The number of benzene rings is 5. The Morgan fingerprint density at radius 2 is 1.00 bits per heavy atom. The molecule has 0 aromatic heterocycles. The van der Waals surface area contributed by atoms with Crippen molar-refractivity contribution >= 4 is 55.7 Å². The molecule has 0 aliphatic carbocycles. The predicted molar refractivity (Wildman–Crippen MR) is 145 cm³/mol. The second-order valence-electron chi connectivity index (χ2n) is 8.67. The fourth-order valence-electron chi connectivity index (χ4n) is 5.00. The molecule has 174 valence electrons. The lowest BCUT2D eigenvalue weighted by atomic mass is 10.1. The molecule has 7 rings (SSSR count). The van der Waals surface area contributed by atoms with Crippen LogP contribution in [-0.2, 0) is 9.84 Å². The summed E-state index contributed by atoms with van der Waals surface area (Å²) in [5, 5.41) is 0. The first kappa shape index (κ1) is 21.3. The van der Waals surface area contributed by atoms with Crippen molar-refractivity contribution in [1.29, 1.82) is 0 Å². The van der Waals surface area contributed by atoms with E-state index in [-0.39, 0.29) is 0 Å². The average molecular weight is 505 g/mol. The second kappa shape index (κ2) is 8.01. The molecule has 0 bridgehead atoms. The van der Waals surface area contributed by atoms with Gasteiger partial charge in [0.25, 0.3) is 0 Å². The lowest BCUT2D eigenvalue weighted by molar-refractivity contribution is 0.595. The minimum Gasteiger partial charge on any atom is -0.308 e. The Labute approximate surface area is 214 Å². The average Bonchev–Trinajstić information content (AvgIpc) is 2.92.